The average molecular weight is 306 g/mol. The number of hydrogen-bond donors (Lipinski definition) is 0. The number of hydrogen-bond acceptors (Lipinski definition) is 2. The first kappa shape index (κ1) is 15.5. The summed E-state index contributed by atoms with van der Waals surface area (Å²) in [5.74, 6) is -0.523. The fraction of sp³-hybridized carbons (Fsp3) is 0.235. The van der Waals surface area contributed by atoms with E-state index in [4.69, 9.17) is 11.6 Å². The van der Waals surface area contributed by atoms with Gasteiger partial charge in [-0.05, 0) is 43.2 Å². The summed E-state index contributed by atoms with van der Waals surface area (Å²) < 4.78 is 13.7. The molecule has 0 fully saturated rings. The van der Waals surface area contributed by atoms with Crippen LogP contribution in [-0.2, 0) is 6.54 Å². The van der Waals surface area contributed by atoms with Crippen LogP contribution < -0.4 is 4.90 Å². The predicted molar refractivity (Wildman–Crippen MR) is 84.7 cm³/mol. The van der Waals surface area contributed by atoms with E-state index in [0.717, 1.165) is 5.56 Å². The van der Waals surface area contributed by atoms with Gasteiger partial charge in [-0.15, -0.1) is 0 Å². The maximum absolute atomic E-state index is 13.7. The van der Waals surface area contributed by atoms with Gasteiger partial charge >= 0.3 is 0 Å². The molecule has 0 saturated carbocycles. The molecule has 0 N–H and O–H groups in total. The van der Waals surface area contributed by atoms with Crippen LogP contribution in [-0.4, -0.2) is 12.8 Å². The lowest BCUT2D eigenvalue weighted by atomic mass is 10.0. The number of ketones is 1. The van der Waals surface area contributed by atoms with Crippen LogP contribution in [0.4, 0.5) is 10.1 Å². The van der Waals surface area contributed by atoms with E-state index in [2.05, 4.69) is 0 Å². The summed E-state index contributed by atoms with van der Waals surface area (Å²) in [5.41, 5.74) is 2.56. The standard InChI is InChI=1S/C17H17ClFNO/c1-11-8-17(14(12(2)21)9-16(11)19)20(3)10-13-6-4-5-7-15(13)18/h4-9H,10H2,1-3H3. The molecule has 0 radical (unpaired) electrons. The summed E-state index contributed by atoms with van der Waals surface area (Å²) >= 11 is 6.16. The second kappa shape index (κ2) is 6.27. The molecule has 2 aromatic carbocycles. The first-order chi connectivity index (χ1) is 9.90. The van der Waals surface area contributed by atoms with Crippen molar-refractivity contribution in [1.82, 2.24) is 0 Å². The Labute approximate surface area is 129 Å². The molecule has 0 unspecified atom stereocenters. The quantitative estimate of drug-likeness (QED) is 0.768. The molecule has 0 aromatic heterocycles. The number of carbonyl (C=O) groups excluding carboxylic acids is 1. The maximum atomic E-state index is 13.7. The Hall–Kier alpha value is -1.87. The molecule has 2 nitrogen and oxygen atoms in total. The van der Waals surface area contributed by atoms with Crippen molar-refractivity contribution in [3.63, 3.8) is 0 Å². The molecule has 4 heteroatoms. The second-order valence-corrected chi connectivity index (χ2v) is 5.53. The number of halogens is 2. The summed E-state index contributed by atoms with van der Waals surface area (Å²) in [7, 11) is 1.86. The monoisotopic (exact) mass is 305 g/mol. The van der Waals surface area contributed by atoms with E-state index >= 15 is 0 Å². The van der Waals surface area contributed by atoms with E-state index < -0.39 is 0 Å². The van der Waals surface area contributed by atoms with Crippen molar-refractivity contribution in [2.24, 2.45) is 0 Å². The Bertz CT molecular complexity index is 684. The first-order valence-electron chi connectivity index (χ1n) is 6.65. The molecule has 0 amide bonds. The molecule has 0 atom stereocenters. The fourth-order valence-electron chi connectivity index (χ4n) is 2.23. The fourth-order valence-corrected chi connectivity index (χ4v) is 2.43. The minimum Gasteiger partial charge on any atom is -0.370 e. The smallest absolute Gasteiger partial charge is 0.161 e. The van der Waals surface area contributed by atoms with E-state index in [9.17, 15) is 9.18 Å². The summed E-state index contributed by atoms with van der Waals surface area (Å²) in [6.07, 6.45) is 0. The third-order valence-corrected chi connectivity index (χ3v) is 3.80. The number of benzene rings is 2. The lowest BCUT2D eigenvalue weighted by Gasteiger charge is -2.23. The van der Waals surface area contributed by atoms with Gasteiger partial charge in [-0.2, -0.15) is 0 Å². The number of aryl methyl sites for hydroxylation is 1. The van der Waals surface area contributed by atoms with Gasteiger partial charge < -0.3 is 4.90 Å². The Morgan fingerprint density at radius 2 is 1.95 bits per heavy atom. The summed E-state index contributed by atoms with van der Waals surface area (Å²) in [6, 6.07) is 10.5. The van der Waals surface area contributed by atoms with Crippen LogP contribution in [0.15, 0.2) is 36.4 Å². The van der Waals surface area contributed by atoms with Crippen LogP contribution in [0.3, 0.4) is 0 Å². The zero-order valence-electron chi connectivity index (χ0n) is 12.3. The SMILES string of the molecule is CC(=O)c1cc(F)c(C)cc1N(C)Cc1ccccc1Cl. The van der Waals surface area contributed by atoms with Crippen LogP contribution in [0.1, 0.15) is 28.4 Å². The summed E-state index contributed by atoms with van der Waals surface area (Å²) in [4.78, 5) is 13.6. The van der Waals surface area contributed by atoms with Gasteiger partial charge in [0.05, 0.1) is 0 Å². The van der Waals surface area contributed by atoms with Crippen LogP contribution >= 0.6 is 11.6 Å². The van der Waals surface area contributed by atoms with E-state index in [-0.39, 0.29) is 11.6 Å². The molecule has 0 aliphatic heterocycles. The van der Waals surface area contributed by atoms with E-state index in [1.165, 1.54) is 13.0 Å². The molecular weight excluding hydrogens is 289 g/mol. The zero-order valence-corrected chi connectivity index (χ0v) is 13.0. The third kappa shape index (κ3) is 3.42. The largest absolute Gasteiger partial charge is 0.370 e. The highest BCUT2D eigenvalue weighted by Crippen LogP contribution is 2.26. The molecule has 0 spiro atoms. The Kier molecular flexibility index (Phi) is 4.63. The third-order valence-electron chi connectivity index (χ3n) is 3.43. The van der Waals surface area contributed by atoms with Gasteiger partial charge in [0.2, 0.25) is 0 Å². The Balaban J connectivity index is 2.39. The van der Waals surface area contributed by atoms with Gasteiger partial charge in [0.1, 0.15) is 5.82 Å². The van der Waals surface area contributed by atoms with Crippen LogP contribution in [0.2, 0.25) is 5.02 Å². The minimum absolute atomic E-state index is 0.157. The molecule has 0 aliphatic carbocycles. The lowest BCUT2D eigenvalue weighted by Crippen LogP contribution is -2.19. The van der Waals surface area contributed by atoms with Gasteiger partial charge in [0.25, 0.3) is 0 Å². The van der Waals surface area contributed by atoms with E-state index in [0.29, 0.717) is 28.4 Å². The number of anilines is 1. The number of carbonyl (C=O) groups is 1. The lowest BCUT2D eigenvalue weighted by molar-refractivity contribution is 0.101. The first-order valence-corrected chi connectivity index (χ1v) is 7.03. The van der Waals surface area contributed by atoms with Crippen molar-refractivity contribution in [2.75, 3.05) is 11.9 Å². The molecule has 2 aromatic rings. The molecule has 0 bridgehead atoms. The predicted octanol–water partition coefficient (Wildman–Crippen LogP) is 4.63. The summed E-state index contributed by atoms with van der Waals surface area (Å²) in [5, 5.41) is 0.674. The van der Waals surface area contributed by atoms with Crippen LogP contribution in [0.5, 0.6) is 0 Å². The van der Waals surface area contributed by atoms with Crippen molar-refractivity contribution in [3.8, 4) is 0 Å². The Morgan fingerprint density at radius 3 is 2.57 bits per heavy atom. The van der Waals surface area contributed by atoms with Crippen molar-refractivity contribution >= 4 is 23.1 Å². The molecule has 0 saturated heterocycles. The topological polar surface area (TPSA) is 20.3 Å². The van der Waals surface area contributed by atoms with E-state index in [1.54, 1.807) is 13.0 Å². The second-order valence-electron chi connectivity index (χ2n) is 5.12. The highest BCUT2D eigenvalue weighted by molar-refractivity contribution is 6.31. The number of rotatable bonds is 4. The summed E-state index contributed by atoms with van der Waals surface area (Å²) in [6.45, 7) is 3.67. The average Bonchev–Trinajstić information content (AvgIpc) is 2.43. The normalized spacial score (nSPS) is 10.5. The molecular formula is C17H17ClFNO. The zero-order chi connectivity index (χ0) is 15.6. The van der Waals surface area contributed by atoms with Gasteiger partial charge in [-0.25, -0.2) is 4.39 Å². The Morgan fingerprint density at radius 1 is 1.29 bits per heavy atom. The molecule has 0 heterocycles. The van der Waals surface area contributed by atoms with Gasteiger partial charge in [0.15, 0.2) is 5.78 Å². The van der Waals surface area contributed by atoms with Crippen molar-refractivity contribution in [2.45, 2.75) is 20.4 Å². The van der Waals surface area contributed by atoms with Crippen molar-refractivity contribution in [1.29, 1.82) is 0 Å². The highest BCUT2D eigenvalue weighted by atomic mass is 35.5. The van der Waals surface area contributed by atoms with Gasteiger partial charge in [0, 0.05) is 29.9 Å². The molecule has 2 rings (SSSR count). The van der Waals surface area contributed by atoms with Crippen LogP contribution in [0, 0.1) is 12.7 Å². The van der Waals surface area contributed by atoms with Gasteiger partial charge in [-0.1, -0.05) is 29.8 Å². The number of nitrogens with zero attached hydrogens (tertiary/aromatic N) is 1. The van der Waals surface area contributed by atoms with Crippen molar-refractivity contribution < 1.29 is 9.18 Å². The maximum Gasteiger partial charge on any atom is 0.161 e. The van der Waals surface area contributed by atoms with Crippen LogP contribution in [0.25, 0.3) is 0 Å². The molecule has 0 aliphatic rings. The molecule has 110 valence electrons. The number of Topliss-reactive ketones (excluding diaryl/α,β-unsaturated/α-hetero) is 1. The van der Waals surface area contributed by atoms with E-state index in [1.807, 2.05) is 36.2 Å². The molecule has 21 heavy (non-hydrogen) atoms. The van der Waals surface area contributed by atoms with Crippen molar-refractivity contribution in [3.05, 3.63) is 63.9 Å². The van der Waals surface area contributed by atoms with Gasteiger partial charge in [-0.3, -0.25) is 4.79 Å². The minimum atomic E-state index is -0.366. The highest BCUT2D eigenvalue weighted by Gasteiger charge is 2.15.